The molecule has 1 rings (SSSR count). The number of carbonyl (C=O) groups excluding carboxylic acids is 1. The standard InChI is InChI=1S/C15H28N2O3/c1-14(2,3)9-11(12(18)19)10-17-13(20)15(4)5-7-16-8-6-15/h11,16H,5-10H2,1-4H3,(H,17,20)(H,18,19). The summed E-state index contributed by atoms with van der Waals surface area (Å²) >= 11 is 0. The highest BCUT2D eigenvalue weighted by Gasteiger charge is 2.35. The Labute approximate surface area is 121 Å². The summed E-state index contributed by atoms with van der Waals surface area (Å²) in [6.45, 7) is 9.90. The van der Waals surface area contributed by atoms with Crippen LogP contribution < -0.4 is 10.6 Å². The molecule has 0 saturated carbocycles. The van der Waals surface area contributed by atoms with Crippen molar-refractivity contribution in [3.63, 3.8) is 0 Å². The monoisotopic (exact) mass is 284 g/mol. The van der Waals surface area contributed by atoms with E-state index in [1.165, 1.54) is 0 Å². The first-order chi connectivity index (χ1) is 9.14. The van der Waals surface area contributed by atoms with E-state index in [4.69, 9.17) is 0 Å². The van der Waals surface area contributed by atoms with Gasteiger partial charge in [-0.15, -0.1) is 0 Å². The molecule has 116 valence electrons. The number of carboxylic acid groups (broad SMARTS) is 1. The van der Waals surface area contributed by atoms with Crippen molar-refractivity contribution < 1.29 is 14.7 Å². The van der Waals surface area contributed by atoms with Crippen molar-refractivity contribution >= 4 is 11.9 Å². The Kier molecular flexibility index (Phi) is 5.57. The molecule has 0 bridgehead atoms. The minimum absolute atomic E-state index is 0.0147. The topological polar surface area (TPSA) is 78.4 Å². The van der Waals surface area contributed by atoms with Gasteiger partial charge in [-0.05, 0) is 37.8 Å². The van der Waals surface area contributed by atoms with E-state index in [1.807, 2.05) is 27.7 Å². The fourth-order valence-corrected chi connectivity index (χ4v) is 2.62. The van der Waals surface area contributed by atoms with Crippen LogP contribution in [0.25, 0.3) is 0 Å². The zero-order valence-corrected chi connectivity index (χ0v) is 13.1. The van der Waals surface area contributed by atoms with Crippen LogP contribution >= 0.6 is 0 Å². The molecule has 1 heterocycles. The van der Waals surface area contributed by atoms with Gasteiger partial charge in [0.15, 0.2) is 0 Å². The van der Waals surface area contributed by atoms with Crippen molar-refractivity contribution in [2.45, 2.75) is 47.0 Å². The summed E-state index contributed by atoms with van der Waals surface area (Å²) in [5, 5.41) is 15.3. The summed E-state index contributed by atoms with van der Waals surface area (Å²) in [7, 11) is 0. The first kappa shape index (κ1) is 17.0. The second-order valence-electron chi connectivity index (χ2n) is 7.32. The van der Waals surface area contributed by atoms with Crippen molar-refractivity contribution in [3.05, 3.63) is 0 Å². The Morgan fingerprint density at radius 3 is 2.30 bits per heavy atom. The van der Waals surface area contributed by atoms with Gasteiger partial charge in [-0.3, -0.25) is 9.59 Å². The lowest BCUT2D eigenvalue weighted by molar-refractivity contribution is -0.143. The largest absolute Gasteiger partial charge is 0.481 e. The Hall–Kier alpha value is -1.10. The lowest BCUT2D eigenvalue weighted by atomic mass is 9.79. The molecule has 1 fully saturated rings. The predicted octanol–water partition coefficient (Wildman–Crippen LogP) is 1.63. The van der Waals surface area contributed by atoms with E-state index in [2.05, 4.69) is 10.6 Å². The normalized spacial score (nSPS) is 20.2. The van der Waals surface area contributed by atoms with Crippen LogP contribution in [0, 0.1) is 16.7 Å². The van der Waals surface area contributed by atoms with Crippen molar-refractivity contribution in [1.82, 2.24) is 10.6 Å². The molecule has 5 nitrogen and oxygen atoms in total. The quantitative estimate of drug-likeness (QED) is 0.717. The number of carboxylic acids is 1. The maximum Gasteiger partial charge on any atom is 0.308 e. The van der Waals surface area contributed by atoms with Crippen LogP contribution in [0.4, 0.5) is 0 Å². The van der Waals surface area contributed by atoms with E-state index in [0.717, 1.165) is 25.9 Å². The van der Waals surface area contributed by atoms with Gasteiger partial charge in [0.25, 0.3) is 0 Å². The molecular formula is C15H28N2O3. The number of amides is 1. The fourth-order valence-electron chi connectivity index (χ4n) is 2.62. The second-order valence-corrected chi connectivity index (χ2v) is 7.32. The maximum atomic E-state index is 12.3. The SMILES string of the molecule is CC(C)(C)CC(CNC(=O)C1(C)CCNCC1)C(=O)O. The molecule has 3 N–H and O–H groups in total. The van der Waals surface area contributed by atoms with Crippen molar-refractivity contribution in [2.75, 3.05) is 19.6 Å². The Morgan fingerprint density at radius 1 is 1.30 bits per heavy atom. The van der Waals surface area contributed by atoms with Crippen molar-refractivity contribution in [2.24, 2.45) is 16.7 Å². The Morgan fingerprint density at radius 2 is 1.85 bits per heavy atom. The van der Waals surface area contributed by atoms with Crippen LogP contribution in [-0.2, 0) is 9.59 Å². The summed E-state index contributed by atoms with van der Waals surface area (Å²) in [6.07, 6.45) is 2.16. The molecule has 0 aromatic heterocycles. The van der Waals surface area contributed by atoms with E-state index < -0.39 is 11.9 Å². The highest BCUT2D eigenvalue weighted by molar-refractivity contribution is 5.83. The maximum absolute atomic E-state index is 12.3. The van der Waals surface area contributed by atoms with Gasteiger partial charge in [-0.1, -0.05) is 27.7 Å². The molecule has 0 aromatic carbocycles. The van der Waals surface area contributed by atoms with E-state index in [0.29, 0.717) is 6.42 Å². The molecule has 1 amide bonds. The molecule has 0 radical (unpaired) electrons. The molecule has 0 aromatic rings. The number of piperidine rings is 1. The third-order valence-corrected chi connectivity index (χ3v) is 3.97. The molecule has 5 heteroatoms. The molecule has 0 spiro atoms. The molecule has 1 aliphatic heterocycles. The molecule has 1 saturated heterocycles. The summed E-state index contributed by atoms with van der Waals surface area (Å²) in [4.78, 5) is 23.6. The fraction of sp³-hybridized carbons (Fsp3) is 0.867. The molecule has 20 heavy (non-hydrogen) atoms. The molecular weight excluding hydrogens is 256 g/mol. The van der Waals surface area contributed by atoms with Crippen LogP contribution in [0.2, 0.25) is 0 Å². The molecule has 1 unspecified atom stereocenters. The van der Waals surface area contributed by atoms with Crippen LogP contribution in [0.3, 0.4) is 0 Å². The van der Waals surface area contributed by atoms with E-state index in [1.54, 1.807) is 0 Å². The number of nitrogens with one attached hydrogen (secondary N) is 2. The molecule has 1 aliphatic rings. The zero-order chi connectivity index (χ0) is 15.4. The van der Waals surface area contributed by atoms with Gasteiger partial charge >= 0.3 is 5.97 Å². The first-order valence-corrected chi connectivity index (χ1v) is 7.36. The van der Waals surface area contributed by atoms with Crippen LogP contribution in [0.5, 0.6) is 0 Å². The third kappa shape index (κ3) is 5.12. The zero-order valence-electron chi connectivity index (χ0n) is 13.1. The highest BCUT2D eigenvalue weighted by atomic mass is 16.4. The number of carbonyl (C=O) groups is 2. The summed E-state index contributed by atoms with van der Waals surface area (Å²) in [6, 6.07) is 0. The third-order valence-electron chi connectivity index (χ3n) is 3.97. The van der Waals surface area contributed by atoms with Gasteiger partial charge in [-0.2, -0.15) is 0 Å². The van der Waals surface area contributed by atoms with Gasteiger partial charge in [0.2, 0.25) is 5.91 Å². The van der Waals surface area contributed by atoms with Crippen molar-refractivity contribution in [3.8, 4) is 0 Å². The number of hydrogen-bond donors (Lipinski definition) is 3. The lowest BCUT2D eigenvalue weighted by Gasteiger charge is -2.33. The van der Waals surface area contributed by atoms with Gasteiger partial charge in [0.05, 0.1) is 5.92 Å². The first-order valence-electron chi connectivity index (χ1n) is 7.36. The average Bonchev–Trinajstić information content (AvgIpc) is 2.33. The lowest BCUT2D eigenvalue weighted by Crippen LogP contribution is -2.47. The van der Waals surface area contributed by atoms with Gasteiger partial charge < -0.3 is 15.7 Å². The minimum Gasteiger partial charge on any atom is -0.481 e. The minimum atomic E-state index is -0.837. The van der Waals surface area contributed by atoms with Crippen LogP contribution in [-0.4, -0.2) is 36.6 Å². The summed E-state index contributed by atoms with van der Waals surface area (Å²) in [5.41, 5.74) is -0.428. The van der Waals surface area contributed by atoms with Gasteiger partial charge in [-0.25, -0.2) is 0 Å². The van der Waals surface area contributed by atoms with Gasteiger partial charge in [0.1, 0.15) is 0 Å². The highest BCUT2D eigenvalue weighted by Crippen LogP contribution is 2.28. The van der Waals surface area contributed by atoms with Crippen LogP contribution in [0.1, 0.15) is 47.0 Å². The van der Waals surface area contributed by atoms with E-state index in [-0.39, 0.29) is 23.3 Å². The smallest absolute Gasteiger partial charge is 0.308 e. The number of aliphatic carboxylic acids is 1. The summed E-state index contributed by atoms with van der Waals surface area (Å²) in [5.74, 6) is -1.38. The van der Waals surface area contributed by atoms with Crippen molar-refractivity contribution in [1.29, 1.82) is 0 Å². The number of rotatable bonds is 5. The summed E-state index contributed by atoms with van der Waals surface area (Å²) < 4.78 is 0. The van der Waals surface area contributed by atoms with E-state index >= 15 is 0 Å². The molecule has 1 atom stereocenters. The Balaban J connectivity index is 2.54. The Bertz CT molecular complexity index is 355. The van der Waals surface area contributed by atoms with Crippen LogP contribution in [0.15, 0.2) is 0 Å². The average molecular weight is 284 g/mol. The second kappa shape index (κ2) is 6.57. The van der Waals surface area contributed by atoms with E-state index in [9.17, 15) is 14.7 Å². The number of hydrogen-bond acceptors (Lipinski definition) is 3. The van der Waals surface area contributed by atoms with Gasteiger partial charge in [0, 0.05) is 12.0 Å². The molecule has 0 aliphatic carbocycles. The predicted molar refractivity (Wildman–Crippen MR) is 78.4 cm³/mol.